The molecular weight excluding hydrogens is 200 g/mol. The quantitative estimate of drug-likeness (QED) is 0.774. The van der Waals surface area contributed by atoms with Gasteiger partial charge in [0.05, 0.1) is 6.10 Å². The molecule has 2 N–H and O–H groups in total. The van der Waals surface area contributed by atoms with E-state index in [1.54, 1.807) is 0 Å². The molecule has 0 spiro atoms. The van der Waals surface area contributed by atoms with Crippen molar-refractivity contribution in [3.05, 3.63) is 0 Å². The Balaban J connectivity index is 1.89. The lowest BCUT2D eigenvalue weighted by atomic mass is 9.98. The molecule has 2 aliphatic rings. The van der Waals surface area contributed by atoms with Crippen molar-refractivity contribution in [2.75, 3.05) is 20.2 Å². The minimum Gasteiger partial charge on any atom is -0.378 e. The number of nitrogens with two attached hydrogens (primary N) is 1. The highest BCUT2D eigenvalue weighted by Gasteiger charge is 2.36. The minimum absolute atomic E-state index is 0.471. The third kappa shape index (κ3) is 2.76. The summed E-state index contributed by atoms with van der Waals surface area (Å²) < 4.78 is 5.74. The first-order chi connectivity index (χ1) is 7.76. The maximum absolute atomic E-state index is 5.92. The maximum Gasteiger partial charge on any atom is 0.0587 e. The molecule has 1 saturated carbocycles. The van der Waals surface area contributed by atoms with Crippen molar-refractivity contribution in [1.82, 2.24) is 4.90 Å². The second-order valence-electron chi connectivity index (χ2n) is 5.39. The molecule has 1 aliphatic carbocycles. The van der Waals surface area contributed by atoms with E-state index in [0.717, 1.165) is 25.5 Å². The van der Waals surface area contributed by atoms with Gasteiger partial charge in [0.1, 0.15) is 0 Å². The van der Waals surface area contributed by atoms with Crippen molar-refractivity contribution >= 4 is 0 Å². The zero-order valence-corrected chi connectivity index (χ0v) is 10.7. The third-order valence-electron chi connectivity index (χ3n) is 4.30. The van der Waals surface area contributed by atoms with Gasteiger partial charge in [0.15, 0.2) is 0 Å². The van der Waals surface area contributed by atoms with Gasteiger partial charge in [-0.3, -0.25) is 4.90 Å². The molecule has 0 bridgehead atoms. The molecule has 3 nitrogen and oxygen atoms in total. The fourth-order valence-electron chi connectivity index (χ4n) is 2.96. The summed E-state index contributed by atoms with van der Waals surface area (Å²) in [6, 6.07) is 1.30. The van der Waals surface area contributed by atoms with Gasteiger partial charge in [-0.15, -0.1) is 0 Å². The van der Waals surface area contributed by atoms with E-state index >= 15 is 0 Å². The Hall–Kier alpha value is -0.120. The summed E-state index contributed by atoms with van der Waals surface area (Å²) in [6.45, 7) is 3.96. The summed E-state index contributed by atoms with van der Waals surface area (Å²) >= 11 is 0. The molecule has 0 aromatic heterocycles. The van der Waals surface area contributed by atoms with Crippen LogP contribution in [-0.2, 0) is 4.74 Å². The van der Waals surface area contributed by atoms with Crippen LogP contribution in [0, 0.1) is 5.92 Å². The van der Waals surface area contributed by atoms with E-state index in [1.165, 1.54) is 25.7 Å². The molecule has 0 aromatic carbocycles. The molecule has 1 saturated heterocycles. The highest BCUT2D eigenvalue weighted by molar-refractivity contribution is 4.91. The van der Waals surface area contributed by atoms with Gasteiger partial charge in [0, 0.05) is 25.2 Å². The summed E-state index contributed by atoms with van der Waals surface area (Å²) in [5.74, 6) is 0.873. The van der Waals surface area contributed by atoms with Crippen LogP contribution >= 0.6 is 0 Å². The molecule has 3 unspecified atom stereocenters. The molecular formula is C13H26N2O. The van der Waals surface area contributed by atoms with Crippen molar-refractivity contribution in [1.29, 1.82) is 0 Å². The Kier molecular flexibility index (Phi) is 4.22. The second-order valence-corrected chi connectivity index (χ2v) is 5.39. The largest absolute Gasteiger partial charge is 0.378 e. The summed E-state index contributed by atoms with van der Waals surface area (Å²) in [4.78, 5) is 2.54. The number of ether oxygens (including phenoxy) is 1. The average Bonchev–Trinajstić information content (AvgIpc) is 3.14. The molecule has 94 valence electrons. The van der Waals surface area contributed by atoms with Crippen LogP contribution in [0.1, 0.15) is 39.0 Å². The number of likely N-dealkylation sites (N-methyl/N-ethyl adjacent to an activating group) is 1. The molecule has 3 heteroatoms. The van der Waals surface area contributed by atoms with Crippen LogP contribution in [0.4, 0.5) is 0 Å². The first kappa shape index (κ1) is 12.3. The van der Waals surface area contributed by atoms with Crippen LogP contribution in [-0.4, -0.2) is 43.3 Å². The molecule has 0 amide bonds. The monoisotopic (exact) mass is 226 g/mol. The minimum atomic E-state index is 0.471. The first-order valence-corrected chi connectivity index (χ1v) is 6.79. The van der Waals surface area contributed by atoms with Crippen molar-refractivity contribution in [2.24, 2.45) is 11.7 Å². The summed E-state index contributed by atoms with van der Waals surface area (Å²) in [7, 11) is 2.26. The lowest BCUT2D eigenvalue weighted by Crippen LogP contribution is -2.49. The molecule has 2 rings (SSSR count). The van der Waals surface area contributed by atoms with E-state index < -0.39 is 0 Å². The zero-order valence-electron chi connectivity index (χ0n) is 10.7. The lowest BCUT2D eigenvalue weighted by Gasteiger charge is -2.39. The van der Waals surface area contributed by atoms with E-state index in [0.29, 0.717) is 18.2 Å². The SMILES string of the molecule is CCC1CC(N(C)C(CN)C2CC2)CCO1. The third-order valence-corrected chi connectivity index (χ3v) is 4.30. The smallest absolute Gasteiger partial charge is 0.0587 e. The van der Waals surface area contributed by atoms with E-state index in [4.69, 9.17) is 10.5 Å². The Bertz CT molecular complexity index is 218. The summed E-state index contributed by atoms with van der Waals surface area (Å²) in [5, 5.41) is 0. The van der Waals surface area contributed by atoms with Gasteiger partial charge in [-0.1, -0.05) is 6.92 Å². The maximum atomic E-state index is 5.92. The molecule has 2 fully saturated rings. The fraction of sp³-hybridized carbons (Fsp3) is 1.00. The van der Waals surface area contributed by atoms with Gasteiger partial charge in [-0.25, -0.2) is 0 Å². The average molecular weight is 226 g/mol. The molecule has 3 atom stereocenters. The van der Waals surface area contributed by atoms with Crippen LogP contribution in [0.3, 0.4) is 0 Å². The lowest BCUT2D eigenvalue weighted by molar-refractivity contribution is -0.0323. The van der Waals surface area contributed by atoms with Crippen LogP contribution in [0.2, 0.25) is 0 Å². The van der Waals surface area contributed by atoms with Gasteiger partial charge in [0.25, 0.3) is 0 Å². The molecule has 16 heavy (non-hydrogen) atoms. The normalized spacial score (nSPS) is 33.0. The number of rotatable bonds is 5. The Morgan fingerprint density at radius 1 is 1.38 bits per heavy atom. The van der Waals surface area contributed by atoms with Crippen LogP contribution in [0.15, 0.2) is 0 Å². The highest BCUT2D eigenvalue weighted by Crippen LogP contribution is 2.36. The van der Waals surface area contributed by atoms with Crippen molar-refractivity contribution in [3.8, 4) is 0 Å². The molecule has 1 aliphatic heterocycles. The van der Waals surface area contributed by atoms with E-state index in [2.05, 4.69) is 18.9 Å². The molecule has 0 radical (unpaired) electrons. The van der Waals surface area contributed by atoms with Crippen LogP contribution < -0.4 is 5.73 Å². The highest BCUT2D eigenvalue weighted by atomic mass is 16.5. The number of hydrogen-bond acceptors (Lipinski definition) is 3. The first-order valence-electron chi connectivity index (χ1n) is 6.79. The van der Waals surface area contributed by atoms with Gasteiger partial charge in [-0.2, -0.15) is 0 Å². The summed E-state index contributed by atoms with van der Waals surface area (Å²) in [5.41, 5.74) is 5.92. The van der Waals surface area contributed by atoms with E-state index in [9.17, 15) is 0 Å². The topological polar surface area (TPSA) is 38.5 Å². The predicted molar refractivity (Wildman–Crippen MR) is 66.4 cm³/mol. The van der Waals surface area contributed by atoms with Crippen molar-refractivity contribution in [2.45, 2.75) is 57.2 Å². The number of nitrogens with zero attached hydrogens (tertiary/aromatic N) is 1. The van der Waals surface area contributed by atoms with Crippen molar-refractivity contribution in [3.63, 3.8) is 0 Å². The summed E-state index contributed by atoms with van der Waals surface area (Å²) in [6.07, 6.45) is 6.74. The molecule has 0 aromatic rings. The zero-order chi connectivity index (χ0) is 11.5. The van der Waals surface area contributed by atoms with E-state index in [1.807, 2.05) is 0 Å². The van der Waals surface area contributed by atoms with E-state index in [-0.39, 0.29) is 0 Å². The Labute approximate surface area is 99.3 Å². The predicted octanol–water partition coefficient (Wildman–Crippen LogP) is 1.61. The molecule has 1 heterocycles. The second kappa shape index (κ2) is 5.48. The number of hydrogen-bond donors (Lipinski definition) is 1. The van der Waals surface area contributed by atoms with Crippen molar-refractivity contribution < 1.29 is 4.74 Å². The van der Waals surface area contributed by atoms with Gasteiger partial charge in [-0.05, 0) is 45.1 Å². The standard InChI is InChI=1S/C13H26N2O/c1-3-12-8-11(6-7-16-12)15(2)13(9-14)10-4-5-10/h10-13H,3-9,14H2,1-2H3. The van der Waals surface area contributed by atoms with Gasteiger partial charge < -0.3 is 10.5 Å². The van der Waals surface area contributed by atoms with Crippen LogP contribution in [0.5, 0.6) is 0 Å². The fourth-order valence-corrected chi connectivity index (χ4v) is 2.96. The van der Waals surface area contributed by atoms with Gasteiger partial charge >= 0.3 is 0 Å². The van der Waals surface area contributed by atoms with Gasteiger partial charge in [0.2, 0.25) is 0 Å². The Morgan fingerprint density at radius 3 is 2.69 bits per heavy atom. The van der Waals surface area contributed by atoms with Crippen LogP contribution in [0.25, 0.3) is 0 Å². The Morgan fingerprint density at radius 2 is 2.12 bits per heavy atom.